The van der Waals surface area contributed by atoms with Crippen LogP contribution in [0.15, 0.2) is 79.8 Å². The summed E-state index contributed by atoms with van der Waals surface area (Å²) < 4.78 is 7.85. The first-order valence-corrected chi connectivity index (χ1v) is 10.7. The number of fused-ring (bicyclic) bond motifs is 1. The van der Waals surface area contributed by atoms with E-state index in [-0.39, 0.29) is 11.9 Å². The van der Waals surface area contributed by atoms with Gasteiger partial charge in [-0.05, 0) is 55.3 Å². The Kier molecular flexibility index (Phi) is 5.37. The number of piperidine rings is 1. The maximum Gasteiger partial charge on any atom is 0.246 e. The average molecular weight is 425 g/mol. The summed E-state index contributed by atoms with van der Waals surface area (Å²) in [4.78, 5) is 22.7. The first-order valence-electron chi connectivity index (χ1n) is 10.7. The quantitative estimate of drug-likeness (QED) is 0.436. The van der Waals surface area contributed by atoms with E-state index in [1.807, 2.05) is 64.2 Å². The first-order chi connectivity index (χ1) is 15.7. The minimum Gasteiger partial charge on any atom is -0.457 e. The number of aromatic nitrogens is 4. The molecule has 160 valence electrons. The summed E-state index contributed by atoms with van der Waals surface area (Å²) in [6, 6.07) is 17.6. The van der Waals surface area contributed by atoms with Crippen molar-refractivity contribution in [1.29, 1.82) is 0 Å². The number of carbonyl (C=O) groups is 1. The minimum atomic E-state index is -0.0463. The van der Waals surface area contributed by atoms with E-state index in [9.17, 15) is 4.79 Å². The molecule has 0 N–H and O–H groups in total. The number of hydrogen-bond acceptors (Lipinski definition) is 5. The highest BCUT2D eigenvalue weighted by Crippen LogP contribution is 2.32. The molecule has 4 aromatic rings. The van der Waals surface area contributed by atoms with Gasteiger partial charge in [0.15, 0.2) is 5.65 Å². The van der Waals surface area contributed by atoms with Gasteiger partial charge in [-0.1, -0.05) is 24.8 Å². The number of likely N-dealkylation sites (tertiary alicyclic amines) is 1. The van der Waals surface area contributed by atoms with Gasteiger partial charge in [-0.3, -0.25) is 4.79 Å². The van der Waals surface area contributed by atoms with Crippen molar-refractivity contribution in [3.8, 4) is 22.8 Å². The van der Waals surface area contributed by atoms with E-state index in [1.165, 1.54) is 12.4 Å². The molecule has 1 atom stereocenters. The molecule has 3 heterocycles. The number of carbonyl (C=O) groups excluding carboxylic acids is 1. The maximum atomic E-state index is 12.1. The Morgan fingerprint density at radius 3 is 2.66 bits per heavy atom. The van der Waals surface area contributed by atoms with Gasteiger partial charge in [-0.25, -0.2) is 14.6 Å². The number of ether oxygens (including phenoxy) is 1. The lowest BCUT2D eigenvalue weighted by Crippen LogP contribution is -2.40. The highest BCUT2D eigenvalue weighted by atomic mass is 16.5. The molecule has 0 aliphatic carbocycles. The van der Waals surface area contributed by atoms with Gasteiger partial charge in [0.25, 0.3) is 0 Å². The van der Waals surface area contributed by atoms with Crippen molar-refractivity contribution in [2.45, 2.75) is 18.9 Å². The van der Waals surface area contributed by atoms with Crippen LogP contribution in [0, 0.1) is 0 Å². The third kappa shape index (κ3) is 3.85. The monoisotopic (exact) mass is 425 g/mol. The van der Waals surface area contributed by atoms with Gasteiger partial charge in [0, 0.05) is 24.8 Å². The highest BCUT2D eigenvalue weighted by Gasteiger charge is 2.27. The Balaban J connectivity index is 1.46. The van der Waals surface area contributed by atoms with Crippen LogP contribution in [-0.4, -0.2) is 43.6 Å². The Labute approximate surface area is 186 Å². The molecule has 2 aromatic heterocycles. The lowest BCUT2D eigenvalue weighted by molar-refractivity contribution is -0.127. The topological polar surface area (TPSA) is 73.1 Å². The zero-order valence-electron chi connectivity index (χ0n) is 17.6. The Hall–Kier alpha value is -4.00. The number of benzene rings is 2. The smallest absolute Gasteiger partial charge is 0.246 e. The first kappa shape index (κ1) is 19.9. The van der Waals surface area contributed by atoms with E-state index in [0.717, 1.165) is 53.2 Å². The molecule has 0 unspecified atom stereocenters. The summed E-state index contributed by atoms with van der Waals surface area (Å²) in [5.41, 5.74) is 2.55. The normalized spacial score (nSPS) is 16.1. The standard InChI is InChI=1S/C25H23N5O2/c1-2-23(31)29-14-6-7-19(16-29)30-25-22(15-26-17-27-25)24(28-30)18-10-12-21(13-11-18)32-20-8-4-3-5-9-20/h2-5,8-13,15,17,19H,1,6-7,14,16H2/t19-/m1/s1. The van der Waals surface area contributed by atoms with Gasteiger partial charge >= 0.3 is 0 Å². The lowest BCUT2D eigenvalue weighted by atomic mass is 10.1. The predicted molar refractivity (Wildman–Crippen MR) is 122 cm³/mol. The van der Waals surface area contributed by atoms with Gasteiger partial charge in [0.1, 0.15) is 23.5 Å². The molecule has 0 bridgehead atoms. The molecule has 1 saturated heterocycles. The SMILES string of the molecule is C=CC(=O)N1CCC[C@@H](n2nc(-c3ccc(Oc4ccccc4)cc3)c3cncnc32)C1. The molecular weight excluding hydrogens is 402 g/mol. The third-order valence-electron chi connectivity index (χ3n) is 5.71. The molecule has 1 fully saturated rings. The molecule has 5 rings (SSSR count). The molecule has 7 heteroatoms. The second kappa shape index (κ2) is 8.63. The summed E-state index contributed by atoms with van der Waals surface area (Å²) in [7, 11) is 0. The molecule has 0 radical (unpaired) electrons. The van der Waals surface area contributed by atoms with Crippen molar-refractivity contribution >= 4 is 16.9 Å². The third-order valence-corrected chi connectivity index (χ3v) is 5.71. The molecule has 32 heavy (non-hydrogen) atoms. The van der Waals surface area contributed by atoms with Crippen LogP contribution >= 0.6 is 0 Å². The fourth-order valence-electron chi connectivity index (χ4n) is 4.14. The summed E-state index contributed by atoms with van der Waals surface area (Å²) in [5, 5.41) is 5.81. The predicted octanol–water partition coefficient (Wildman–Crippen LogP) is 4.64. The highest BCUT2D eigenvalue weighted by molar-refractivity contribution is 5.90. The van der Waals surface area contributed by atoms with Crippen LogP contribution in [0.1, 0.15) is 18.9 Å². The van der Waals surface area contributed by atoms with Crippen LogP contribution in [0.2, 0.25) is 0 Å². The summed E-state index contributed by atoms with van der Waals surface area (Å²) in [5.74, 6) is 1.50. The lowest BCUT2D eigenvalue weighted by Gasteiger charge is -2.32. The molecule has 1 amide bonds. The van der Waals surface area contributed by atoms with Gasteiger partial charge in [0.05, 0.1) is 11.4 Å². The Morgan fingerprint density at radius 1 is 1.09 bits per heavy atom. The molecule has 0 spiro atoms. The molecule has 7 nitrogen and oxygen atoms in total. The van der Waals surface area contributed by atoms with Crippen LogP contribution in [-0.2, 0) is 4.79 Å². The average Bonchev–Trinajstić information content (AvgIpc) is 3.24. The number of amides is 1. The number of hydrogen-bond donors (Lipinski definition) is 0. The summed E-state index contributed by atoms with van der Waals surface area (Å²) in [6.45, 7) is 4.95. The van der Waals surface area contributed by atoms with Gasteiger partial charge < -0.3 is 9.64 Å². The number of rotatable bonds is 5. The van der Waals surface area contributed by atoms with Crippen molar-refractivity contribution in [2.75, 3.05) is 13.1 Å². The Morgan fingerprint density at radius 2 is 1.88 bits per heavy atom. The second-order valence-electron chi connectivity index (χ2n) is 7.78. The van der Waals surface area contributed by atoms with E-state index in [4.69, 9.17) is 9.84 Å². The number of nitrogens with zero attached hydrogens (tertiary/aromatic N) is 5. The van der Waals surface area contributed by atoms with Crippen molar-refractivity contribution in [1.82, 2.24) is 24.6 Å². The number of para-hydroxylation sites is 1. The van der Waals surface area contributed by atoms with E-state index in [2.05, 4.69) is 16.5 Å². The van der Waals surface area contributed by atoms with Gasteiger partial charge in [-0.2, -0.15) is 5.10 Å². The van der Waals surface area contributed by atoms with Crippen LogP contribution in [0.5, 0.6) is 11.5 Å². The minimum absolute atomic E-state index is 0.0463. The summed E-state index contributed by atoms with van der Waals surface area (Å²) >= 11 is 0. The summed E-state index contributed by atoms with van der Waals surface area (Å²) in [6.07, 6.45) is 6.56. The Bertz CT molecular complexity index is 1250. The van der Waals surface area contributed by atoms with E-state index < -0.39 is 0 Å². The van der Waals surface area contributed by atoms with E-state index in [0.29, 0.717) is 6.54 Å². The van der Waals surface area contributed by atoms with Crippen LogP contribution < -0.4 is 4.74 Å². The zero-order valence-corrected chi connectivity index (χ0v) is 17.6. The van der Waals surface area contributed by atoms with Crippen LogP contribution in [0.4, 0.5) is 0 Å². The van der Waals surface area contributed by atoms with Crippen molar-refractivity contribution < 1.29 is 9.53 Å². The second-order valence-corrected chi connectivity index (χ2v) is 7.78. The zero-order chi connectivity index (χ0) is 21.9. The van der Waals surface area contributed by atoms with Crippen molar-refractivity contribution in [2.24, 2.45) is 0 Å². The van der Waals surface area contributed by atoms with Crippen LogP contribution in [0.25, 0.3) is 22.3 Å². The molecule has 1 aliphatic heterocycles. The maximum absolute atomic E-state index is 12.1. The van der Waals surface area contributed by atoms with Crippen molar-refractivity contribution in [3.05, 3.63) is 79.8 Å². The largest absolute Gasteiger partial charge is 0.457 e. The van der Waals surface area contributed by atoms with Gasteiger partial charge in [0.2, 0.25) is 5.91 Å². The fourth-order valence-corrected chi connectivity index (χ4v) is 4.14. The molecule has 1 aliphatic rings. The molecular formula is C25H23N5O2. The van der Waals surface area contributed by atoms with E-state index >= 15 is 0 Å². The fraction of sp³-hybridized carbons (Fsp3) is 0.200. The van der Waals surface area contributed by atoms with Crippen LogP contribution in [0.3, 0.4) is 0 Å². The van der Waals surface area contributed by atoms with Gasteiger partial charge in [-0.15, -0.1) is 0 Å². The molecule has 2 aromatic carbocycles. The van der Waals surface area contributed by atoms with Crippen molar-refractivity contribution in [3.63, 3.8) is 0 Å². The van der Waals surface area contributed by atoms with E-state index in [1.54, 1.807) is 6.20 Å². The molecule has 0 saturated carbocycles.